The van der Waals surface area contributed by atoms with E-state index in [1.54, 1.807) is 6.26 Å². The number of ether oxygens (including phenoxy) is 2. The minimum atomic E-state index is -0.580. The summed E-state index contributed by atoms with van der Waals surface area (Å²) in [6.07, 6.45) is 7.76. The topological polar surface area (TPSA) is 41.2 Å². The molecule has 0 amide bonds. The molecule has 2 aromatic heterocycles. The van der Waals surface area contributed by atoms with Crippen LogP contribution in [0.2, 0.25) is 0 Å². The number of hydrogen-bond donors (Lipinski definition) is 0. The SMILES string of the molecule is CC1(C)OC=C(Cn2ccc(-n3cc4ccccc4c3)n2)O1. The molecular weight excluding hydrogens is 278 g/mol. The predicted molar refractivity (Wildman–Crippen MR) is 83.4 cm³/mol. The third-order valence-corrected chi connectivity index (χ3v) is 3.61. The van der Waals surface area contributed by atoms with Gasteiger partial charge < -0.3 is 14.0 Å². The molecule has 5 nitrogen and oxygen atoms in total. The Hall–Kier alpha value is -2.69. The first-order chi connectivity index (χ1) is 10.6. The molecule has 22 heavy (non-hydrogen) atoms. The minimum absolute atomic E-state index is 0.560. The van der Waals surface area contributed by atoms with Crippen molar-refractivity contribution in [3.63, 3.8) is 0 Å². The van der Waals surface area contributed by atoms with Crippen molar-refractivity contribution in [1.29, 1.82) is 0 Å². The molecule has 3 aromatic rings. The summed E-state index contributed by atoms with van der Waals surface area (Å²) in [4.78, 5) is 0. The lowest BCUT2D eigenvalue weighted by Crippen LogP contribution is -2.21. The van der Waals surface area contributed by atoms with Crippen LogP contribution in [0.25, 0.3) is 16.6 Å². The van der Waals surface area contributed by atoms with E-state index in [1.165, 1.54) is 10.8 Å². The van der Waals surface area contributed by atoms with E-state index in [2.05, 4.69) is 29.6 Å². The highest BCUT2D eigenvalue weighted by molar-refractivity contribution is 5.82. The highest BCUT2D eigenvalue weighted by atomic mass is 16.7. The van der Waals surface area contributed by atoms with Crippen LogP contribution in [0.4, 0.5) is 0 Å². The zero-order chi connectivity index (χ0) is 15.2. The van der Waals surface area contributed by atoms with Crippen molar-refractivity contribution in [2.75, 3.05) is 0 Å². The first-order valence-electron chi connectivity index (χ1n) is 7.26. The average Bonchev–Trinajstić information content (AvgIpc) is 3.17. The molecular formula is C17H17N3O2. The van der Waals surface area contributed by atoms with Crippen LogP contribution in [0.15, 0.2) is 60.9 Å². The van der Waals surface area contributed by atoms with Crippen molar-refractivity contribution in [3.8, 4) is 5.82 Å². The molecule has 0 unspecified atom stereocenters. The van der Waals surface area contributed by atoms with Gasteiger partial charge in [-0.2, -0.15) is 5.10 Å². The van der Waals surface area contributed by atoms with Gasteiger partial charge in [-0.25, -0.2) is 0 Å². The fraction of sp³-hybridized carbons (Fsp3) is 0.235. The summed E-state index contributed by atoms with van der Waals surface area (Å²) >= 11 is 0. The molecule has 1 aromatic carbocycles. The summed E-state index contributed by atoms with van der Waals surface area (Å²) in [6, 6.07) is 10.3. The Labute approximate surface area is 128 Å². The zero-order valence-electron chi connectivity index (χ0n) is 12.6. The minimum Gasteiger partial charge on any atom is -0.457 e. The quantitative estimate of drug-likeness (QED) is 0.743. The first-order valence-corrected chi connectivity index (χ1v) is 7.26. The molecule has 0 atom stereocenters. The van der Waals surface area contributed by atoms with Crippen molar-refractivity contribution in [2.45, 2.75) is 26.2 Å². The Morgan fingerprint density at radius 2 is 1.82 bits per heavy atom. The third kappa shape index (κ3) is 2.35. The molecule has 1 aliphatic heterocycles. The van der Waals surface area contributed by atoms with Gasteiger partial charge in [0.15, 0.2) is 11.6 Å². The number of nitrogens with zero attached hydrogens (tertiary/aromatic N) is 3. The molecule has 0 saturated heterocycles. The van der Waals surface area contributed by atoms with E-state index in [4.69, 9.17) is 9.47 Å². The maximum absolute atomic E-state index is 5.69. The molecule has 0 spiro atoms. The third-order valence-electron chi connectivity index (χ3n) is 3.61. The van der Waals surface area contributed by atoms with Crippen LogP contribution in [-0.2, 0) is 16.0 Å². The largest absolute Gasteiger partial charge is 0.457 e. The molecule has 3 heterocycles. The van der Waals surface area contributed by atoms with Crippen molar-refractivity contribution >= 4 is 10.8 Å². The lowest BCUT2D eigenvalue weighted by atomic mass is 10.2. The first kappa shape index (κ1) is 13.0. The maximum Gasteiger partial charge on any atom is 0.244 e. The van der Waals surface area contributed by atoms with Crippen LogP contribution in [-0.4, -0.2) is 20.1 Å². The number of hydrogen-bond acceptors (Lipinski definition) is 3. The zero-order valence-corrected chi connectivity index (χ0v) is 12.6. The second kappa shape index (κ2) is 4.66. The molecule has 4 rings (SSSR count). The van der Waals surface area contributed by atoms with E-state index in [0.717, 1.165) is 11.6 Å². The molecule has 5 heteroatoms. The van der Waals surface area contributed by atoms with E-state index >= 15 is 0 Å². The van der Waals surface area contributed by atoms with E-state index in [9.17, 15) is 0 Å². The number of aromatic nitrogens is 3. The van der Waals surface area contributed by atoms with Gasteiger partial charge in [0, 0.05) is 38.5 Å². The van der Waals surface area contributed by atoms with Gasteiger partial charge in [-0.05, 0) is 10.8 Å². The molecule has 1 aliphatic rings. The average molecular weight is 295 g/mol. The highest BCUT2D eigenvalue weighted by Crippen LogP contribution is 2.25. The van der Waals surface area contributed by atoms with Gasteiger partial charge in [0.1, 0.15) is 12.8 Å². The standard InChI is InChI=1S/C17H17N3O2/c1-17(2)21-12-15(22-17)11-20-8-7-16(18-20)19-9-13-5-3-4-6-14(13)10-19/h3-10,12H,11H2,1-2H3. The Bertz CT molecular complexity index is 825. The summed E-state index contributed by atoms with van der Waals surface area (Å²) in [5.74, 6) is 1.08. The lowest BCUT2D eigenvalue weighted by molar-refractivity contribution is -0.118. The monoisotopic (exact) mass is 295 g/mol. The van der Waals surface area contributed by atoms with E-state index in [-0.39, 0.29) is 0 Å². The Kier molecular flexibility index (Phi) is 2.76. The van der Waals surface area contributed by atoms with Gasteiger partial charge in [-0.1, -0.05) is 24.3 Å². The molecule has 0 bridgehead atoms. The second-order valence-electron chi connectivity index (χ2n) is 5.87. The van der Waals surface area contributed by atoms with Crippen LogP contribution in [0, 0.1) is 0 Å². The van der Waals surface area contributed by atoms with E-state index in [1.807, 2.05) is 47.5 Å². The highest BCUT2D eigenvalue weighted by Gasteiger charge is 2.27. The second-order valence-corrected chi connectivity index (χ2v) is 5.87. The number of rotatable bonds is 3. The fourth-order valence-corrected chi connectivity index (χ4v) is 2.59. The van der Waals surface area contributed by atoms with Gasteiger partial charge in [0.05, 0.1) is 0 Å². The molecule has 0 aliphatic carbocycles. The van der Waals surface area contributed by atoms with Crippen LogP contribution < -0.4 is 0 Å². The molecule has 0 N–H and O–H groups in total. The molecule has 0 saturated carbocycles. The van der Waals surface area contributed by atoms with Crippen molar-refractivity contribution in [3.05, 3.63) is 60.9 Å². The van der Waals surface area contributed by atoms with Crippen LogP contribution >= 0.6 is 0 Å². The Balaban J connectivity index is 1.56. The summed E-state index contributed by atoms with van der Waals surface area (Å²) in [5, 5.41) is 7.00. The summed E-state index contributed by atoms with van der Waals surface area (Å²) in [5.41, 5.74) is 0. The maximum atomic E-state index is 5.69. The molecule has 0 fully saturated rings. The Morgan fingerprint density at radius 3 is 2.45 bits per heavy atom. The lowest BCUT2D eigenvalue weighted by Gasteiger charge is -2.18. The summed E-state index contributed by atoms with van der Waals surface area (Å²) < 4.78 is 15.0. The van der Waals surface area contributed by atoms with Gasteiger partial charge in [-0.3, -0.25) is 4.68 Å². The normalized spacial score (nSPS) is 16.4. The molecule has 0 radical (unpaired) electrons. The van der Waals surface area contributed by atoms with E-state index in [0.29, 0.717) is 6.54 Å². The number of fused-ring (bicyclic) bond motifs is 1. The molecule has 112 valence electrons. The van der Waals surface area contributed by atoms with Crippen molar-refractivity contribution in [2.24, 2.45) is 0 Å². The van der Waals surface area contributed by atoms with Crippen molar-refractivity contribution < 1.29 is 9.47 Å². The van der Waals surface area contributed by atoms with Gasteiger partial charge in [0.2, 0.25) is 5.79 Å². The summed E-state index contributed by atoms with van der Waals surface area (Å²) in [7, 11) is 0. The van der Waals surface area contributed by atoms with E-state index < -0.39 is 5.79 Å². The number of benzene rings is 1. The Morgan fingerprint density at radius 1 is 1.09 bits per heavy atom. The van der Waals surface area contributed by atoms with Crippen LogP contribution in [0.5, 0.6) is 0 Å². The summed E-state index contributed by atoms with van der Waals surface area (Å²) in [6.45, 7) is 4.33. The predicted octanol–water partition coefficient (Wildman–Crippen LogP) is 3.45. The van der Waals surface area contributed by atoms with Gasteiger partial charge in [0.25, 0.3) is 0 Å². The van der Waals surface area contributed by atoms with Gasteiger partial charge in [-0.15, -0.1) is 0 Å². The van der Waals surface area contributed by atoms with Crippen molar-refractivity contribution in [1.82, 2.24) is 14.3 Å². The number of allylic oxidation sites excluding steroid dienone is 1. The van der Waals surface area contributed by atoms with Crippen LogP contribution in [0.1, 0.15) is 13.8 Å². The van der Waals surface area contributed by atoms with Crippen LogP contribution in [0.3, 0.4) is 0 Å². The van der Waals surface area contributed by atoms with Gasteiger partial charge >= 0.3 is 0 Å². The smallest absolute Gasteiger partial charge is 0.244 e. The fourth-order valence-electron chi connectivity index (χ4n) is 2.59.